The molecule has 0 aromatic heterocycles. The zero-order valence-corrected chi connectivity index (χ0v) is 14.2. The second-order valence-corrected chi connectivity index (χ2v) is 7.48. The van der Waals surface area contributed by atoms with E-state index in [0.717, 1.165) is 12.0 Å². The summed E-state index contributed by atoms with van der Waals surface area (Å²) in [6, 6.07) is 15.3. The molecular formula is C17H20N2O4S. The lowest BCUT2D eigenvalue weighted by molar-refractivity contribution is -0.384. The Morgan fingerprint density at radius 3 is 2.42 bits per heavy atom. The van der Waals surface area contributed by atoms with E-state index in [0.29, 0.717) is 12.0 Å². The first kappa shape index (κ1) is 18.1. The van der Waals surface area contributed by atoms with Crippen LogP contribution in [0.4, 0.5) is 5.69 Å². The topological polar surface area (TPSA) is 89.3 Å². The molecule has 128 valence electrons. The van der Waals surface area contributed by atoms with Gasteiger partial charge >= 0.3 is 0 Å². The highest BCUT2D eigenvalue weighted by atomic mass is 32.2. The van der Waals surface area contributed by atoms with Crippen molar-refractivity contribution in [1.82, 2.24) is 4.72 Å². The van der Waals surface area contributed by atoms with Crippen LogP contribution in [0.2, 0.25) is 0 Å². The Morgan fingerprint density at radius 2 is 1.75 bits per heavy atom. The molecule has 0 unspecified atom stereocenters. The van der Waals surface area contributed by atoms with Gasteiger partial charge in [0.05, 0.1) is 10.7 Å². The van der Waals surface area contributed by atoms with E-state index in [4.69, 9.17) is 0 Å². The fourth-order valence-electron chi connectivity index (χ4n) is 2.41. The van der Waals surface area contributed by atoms with E-state index in [-0.39, 0.29) is 17.5 Å². The number of rotatable bonds is 8. The van der Waals surface area contributed by atoms with Gasteiger partial charge in [-0.05, 0) is 30.9 Å². The number of benzene rings is 2. The molecule has 2 rings (SSSR count). The van der Waals surface area contributed by atoms with Crippen molar-refractivity contribution in [2.45, 2.75) is 31.6 Å². The highest BCUT2D eigenvalue weighted by Gasteiger charge is 2.17. The smallest absolute Gasteiger partial charge is 0.258 e. The molecule has 0 aliphatic rings. The molecule has 0 saturated carbocycles. The van der Waals surface area contributed by atoms with Gasteiger partial charge in [0, 0.05) is 18.2 Å². The molecule has 0 spiro atoms. The summed E-state index contributed by atoms with van der Waals surface area (Å²) in [5, 5.41) is 10.8. The summed E-state index contributed by atoms with van der Waals surface area (Å²) in [5.41, 5.74) is 1.44. The van der Waals surface area contributed by atoms with Gasteiger partial charge in [-0.1, -0.05) is 42.5 Å². The van der Waals surface area contributed by atoms with Crippen molar-refractivity contribution in [1.29, 1.82) is 0 Å². The Bertz CT molecular complexity index is 791. The van der Waals surface area contributed by atoms with Crippen LogP contribution in [-0.2, 0) is 22.2 Å². The van der Waals surface area contributed by atoms with E-state index in [9.17, 15) is 18.5 Å². The number of non-ortho nitro benzene ring substituents is 1. The summed E-state index contributed by atoms with van der Waals surface area (Å²) in [6.45, 7) is 1.81. The summed E-state index contributed by atoms with van der Waals surface area (Å²) in [6.07, 6.45) is 1.46. The second kappa shape index (κ2) is 8.03. The maximum absolute atomic E-state index is 12.2. The van der Waals surface area contributed by atoms with Crippen molar-refractivity contribution < 1.29 is 13.3 Å². The molecule has 1 N–H and O–H groups in total. The first-order valence-corrected chi connectivity index (χ1v) is 9.28. The predicted molar refractivity (Wildman–Crippen MR) is 93.1 cm³/mol. The minimum absolute atomic E-state index is 0.111. The first-order valence-electron chi connectivity index (χ1n) is 7.63. The summed E-state index contributed by atoms with van der Waals surface area (Å²) < 4.78 is 27.1. The molecule has 0 heterocycles. The number of nitro groups is 1. The second-order valence-electron chi connectivity index (χ2n) is 5.73. The van der Waals surface area contributed by atoms with Gasteiger partial charge in [0.2, 0.25) is 10.0 Å². The molecule has 2 aromatic rings. The largest absolute Gasteiger partial charge is 0.269 e. The molecule has 0 aliphatic heterocycles. The fourth-order valence-corrected chi connectivity index (χ4v) is 3.85. The van der Waals surface area contributed by atoms with Crippen LogP contribution in [0.5, 0.6) is 0 Å². The van der Waals surface area contributed by atoms with Gasteiger partial charge in [0.15, 0.2) is 0 Å². The minimum atomic E-state index is -3.55. The molecule has 0 saturated heterocycles. The molecule has 1 atom stereocenters. The monoisotopic (exact) mass is 348 g/mol. The minimum Gasteiger partial charge on any atom is -0.258 e. The van der Waals surface area contributed by atoms with E-state index in [1.807, 2.05) is 37.3 Å². The lowest BCUT2D eigenvalue weighted by Crippen LogP contribution is -2.33. The SMILES string of the molecule is C[C@@H](CCc1ccccc1)NS(=O)(=O)Cc1cccc([N+](=O)[O-])c1. The molecule has 24 heavy (non-hydrogen) atoms. The van der Waals surface area contributed by atoms with Crippen molar-refractivity contribution in [2.24, 2.45) is 0 Å². The molecular weight excluding hydrogens is 328 g/mol. The molecule has 6 nitrogen and oxygen atoms in total. The highest BCUT2D eigenvalue weighted by molar-refractivity contribution is 7.88. The van der Waals surface area contributed by atoms with Crippen molar-refractivity contribution in [3.63, 3.8) is 0 Å². The van der Waals surface area contributed by atoms with Crippen LogP contribution < -0.4 is 4.72 Å². The van der Waals surface area contributed by atoms with E-state index >= 15 is 0 Å². The van der Waals surface area contributed by atoms with E-state index in [1.54, 1.807) is 6.07 Å². The third kappa shape index (κ3) is 5.75. The fraction of sp³-hybridized carbons (Fsp3) is 0.294. The van der Waals surface area contributed by atoms with Gasteiger partial charge in [-0.15, -0.1) is 0 Å². The molecule has 0 aliphatic carbocycles. The van der Waals surface area contributed by atoms with Crippen LogP contribution in [0, 0.1) is 10.1 Å². The quantitative estimate of drug-likeness (QED) is 0.586. The summed E-state index contributed by atoms with van der Waals surface area (Å²) in [4.78, 5) is 10.2. The summed E-state index contributed by atoms with van der Waals surface area (Å²) >= 11 is 0. The van der Waals surface area contributed by atoms with Gasteiger partial charge in [0.25, 0.3) is 5.69 Å². The van der Waals surface area contributed by atoms with E-state index in [2.05, 4.69) is 4.72 Å². The number of nitro benzene ring substituents is 1. The lowest BCUT2D eigenvalue weighted by atomic mass is 10.1. The van der Waals surface area contributed by atoms with Gasteiger partial charge < -0.3 is 0 Å². The number of hydrogen-bond acceptors (Lipinski definition) is 4. The molecule has 0 bridgehead atoms. The Labute approximate surface area is 141 Å². The lowest BCUT2D eigenvalue weighted by Gasteiger charge is -2.14. The Morgan fingerprint density at radius 1 is 1.08 bits per heavy atom. The van der Waals surface area contributed by atoms with Crippen LogP contribution in [-0.4, -0.2) is 19.4 Å². The van der Waals surface area contributed by atoms with Crippen LogP contribution in [0.25, 0.3) is 0 Å². The normalized spacial score (nSPS) is 12.7. The molecule has 0 amide bonds. The zero-order valence-electron chi connectivity index (χ0n) is 13.4. The van der Waals surface area contributed by atoms with E-state index < -0.39 is 14.9 Å². The van der Waals surface area contributed by atoms with Crippen LogP contribution >= 0.6 is 0 Å². The van der Waals surface area contributed by atoms with Crippen LogP contribution in [0.1, 0.15) is 24.5 Å². The Kier molecular flexibility index (Phi) is 6.05. The van der Waals surface area contributed by atoms with E-state index in [1.165, 1.54) is 18.2 Å². The number of aryl methyl sites for hydroxylation is 1. The predicted octanol–water partition coefficient (Wildman–Crippen LogP) is 3.04. The number of hydrogen-bond donors (Lipinski definition) is 1. The van der Waals surface area contributed by atoms with Crippen LogP contribution in [0.15, 0.2) is 54.6 Å². The Hall–Kier alpha value is -2.25. The van der Waals surface area contributed by atoms with Crippen molar-refractivity contribution in [2.75, 3.05) is 0 Å². The molecule has 0 radical (unpaired) electrons. The highest BCUT2D eigenvalue weighted by Crippen LogP contribution is 2.15. The maximum atomic E-state index is 12.2. The standard InChI is InChI=1S/C17H20N2O4S/c1-14(10-11-15-6-3-2-4-7-15)18-24(22,23)13-16-8-5-9-17(12-16)19(20)21/h2-9,12,14,18H,10-11,13H2,1H3/t14-/m0/s1. The maximum Gasteiger partial charge on any atom is 0.269 e. The average Bonchev–Trinajstić information content (AvgIpc) is 2.53. The number of sulfonamides is 1. The zero-order chi connectivity index (χ0) is 17.6. The average molecular weight is 348 g/mol. The first-order chi connectivity index (χ1) is 11.4. The Balaban J connectivity index is 1.93. The summed E-state index contributed by atoms with van der Waals surface area (Å²) in [5.74, 6) is -0.273. The molecule has 0 fully saturated rings. The van der Waals surface area contributed by atoms with Crippen molar-refractivity contribution in [3.8, 4) is 0 Å². The number of nitrogens with one attached hydrogen (secondary N) is 1. The summed E-state index contributed by atoms with van der Waals surface area (Å²) in [7, 11) is -3.55. The third-order valence-electron chi connectivity index (χ3n) is 3.57. The van der Waals surface area contributed by atoms with Gasteiger partial charge in [-0.2, -0.15) is 0 Å². The third-order valence-corrected chi connectivity index (χ3v) is 5.04. The van der Waals surface area contributed by atoms with Gasteiger partial charge in [-0.25, -0.2) is 13.1 Å². The number of nitrogens with zero attached hydrogens (tertiary/aromatic N) is 1. The van der Waals surface area contributed by atoms with Crippen molar-refractivity contribution >= 4 is 15.7 Å². The van der Waals surface area contributed by atoms with Gasteiger partial charge in [0.1, 0.15) is 0 Å². The van der Waals surface area contributed by atoms with Crippen LogP contribution in [0.3, 0.4) is 0 Å². The van der Waals surface area contributed by atoms with Gasteiger partial charge in [-0.3, -0.25) is 10.1 Å². The molecule has 2 aromatic carbocycles. The molecule has 7 heteroatoms. The van der Waals surface area contributed by atoms with Crippen molar-refractivity contribution in [3.05, 3.63) is 75.8 Å².